The fourth-order valence-electron chi connectivity index (χ4n) is 3.23. The van der Waals surface area contributed by atoms with Crippen molar-refractivity contribution in [3.63, 3.8) is 0 Å². The first kappa shape index (κ1) is 15.1. The Labute approximate surface area is 134 Å². The zero-order chi connectivity index (χ0) is 15.0. The SMILES string of the molecule is CC1CCCC(Nc2cnn(CC3CC3)c(=O)c2Br)C1C. The van der Waals surface area contributed by atoms with E-state index in [-0.39, 0.29) is 5.56 Å². The van der Waals surface area contributed by atoms with E-state index >= 15 is 0 Å². The van der Waals surface area contributed by atoms with Crippen molar-refractivity contribution in [2.75, 3.05) is 5.32 Å². The molecule has 5 heteroatoms. The van der Waals surface area contributed by atoms with Crippen molar-refractivity contribution < 1.29 is 0 Å². The van der Waals surface area contributed by atoms with Gasteiger partial charge in [0.1, 0.15) is 4.47 Å². The van der Waals surface area contributed by atoms with Crippen LogP contribution < -0.4 is 10.9 Å². The minimum Gasteiger partial charge on any atom is -0.380 e. The molecule has 0 saturated heterocycles. The number of hydrogen-bond donors (Lipinski definition) is 1. The molecule has 2 aliphatic carbocycles. The molecule has 4 nitrogen and oxygen atoms in total. The highest BCUT2D eigenvalue weighted by Gasteiger charge is 2.28. The number of nitrogens with one attached hydrogen (secondary N) is 1. The summed E-state index contributed by atoms with van der Waals surface area (Å²) in [6.45, 7) is 5.38. The zero-order valence-corrected chi connectivity index (χ0v) is 14.4. The molecule has 2 aliphatic rings. The van der Waals surface area contributed by atoms with Gasteiger partial charge in [-0.3, -0.25) is 4.79 Å². The molecule has 0 spiro atoms. The summed E-state index contributed by atoms with van der Waals surface area (Å²) >= 11 is 3.47. The van der Waals surface area contributed by atoms with Crippen LogP contribution >= 0.6 is 15.9 Å². The Bertz CT molecular complexity index is 567. The molecular weight excluding hydrogens is 330 g/mol. The van der Waals surface area contributed by atoms with E-state index in [0.717, 1.165) is 18.2 Å². The Morgan fingerprint density at radius 1 is 1.33 bits per heavy atom. The fraction of sp³-hybridized carbons (Fsp3) is 0.750. The molecule has 0 aliphatic heterocycles. The van der Waals surface area contributed by atoms with Crippen molar-refractivity contribution in [2.45, 2.75) is 58.5 Å². The summed E-state index contributed by atoms with van der Waals surface area (Å²) in [6.07, 6.45) is 7.99. The molecule has 1 aromatic heterocycles. The standard InChI is InChI=1S/C16H24BrN3O/c1-10-4-3-5-13(11(10)2)19-14-8-18-20(9-12-6-7-12)16(21)15(14)17/h8,10-13,19H,3-7,9H2,1-2H3. The Hall–Kier alpha value is -0.840. The molecule has 1 aromatic rings. The van der Waals surface area contributed by atoms with E-state index in [9.17, 15) is 4.79 Å². The lowest BCUT2D eigenvalue weighted by Gasteiger charge is -2.35. The molecule has 3 atom stereocenters. The van der Waals surface area contributed by atoms with Crippen LogP contribution in [0.3, 0.4) is 0 Å². The Kier molecular flexibility index (Phi) is 4.38. The summed E-state index contributed by atoms with van der Waals surface area (Å²) < 4.78 is 2.23. The van der Waals surface area contributed by atoms with Crippen molar-refractivity contribution in [1.82, 2.24) is 9.78 Å². The van der Waals surface area contributed by atoms with Crippen LogP contribution in [0.4, 0.5) is 5.69 Å². The molecule has 0 aromatic carbocycles. The van der Waals surface area contributed by atoms with Crippen LogP contribution in [0, 0.1) is 17.8 Å². The molecule has 3 rings (SSSR count). The van der Waals surface area contributed by atoms with Crippen LogP contribution in [-0.4, -0.2) is 15.8 Å². The van der Waals surface area contributed by atoms with E-state index in [1.165, 1.54) is 32.1 Å². The third-order valence-corrected chi connectivity index (χ3v) is 5.93. The van der Waals surface area contributed by atoms with Crippen LogP contribution in [0.2, 0.25) is 0 Å². The second kappa shape index (κ2) is 6.11. The molecule has 3 unspecified atom stereocenters. The first-order valence-electron chi connectivity index (χ1n) is 8.08. The van der Waals surface area contributed by atoms with E-state index in [1.54, 1.807) is 10.9 Å². The number of rotatable bonds is 4. The molecule has 1 N–H and O–H groups in total. The highest BCUT2D eigenvalue weighted by atomic mass is 79.9. The summed E-state index contributed by atoms with van der Waals surface area (Å²) in [5, 5.41) is 7.88. The number of anilines is 1. The topological polar surface area (TPSA) is 46.9 Å². The van der Waals surface area contributed by atoms with Crippen molar-refractivity contribution in [1.29, 1.82) is 0 Å². The van der Waals surface area contributed by atoms with Gasteiger partial charge in [0.15, 0.2) is 0 Å². The molecule has 2 fully saturated rings. The van der Waals surface area contributed by atoms with Crippen LogP contribution in [-0.2, 0) is 6.54 Å². The lowest BCUT2D eigenvalue weighted by molar-refractivity contribution is 0.253. The maximum atomic E-state index is 12.4. The third-order valence-electron chi connectivity index (χ3n) is 5.16. The third kappa shape index (κ3) is 3.33. The minimum absolute atomic E-state index is 0.0107. The summed E-state index contributed by atoms with van der Waals surface area (Å²) in [5.74, 6) is 2.01. The van der Waals surface area contributed by atoms with Crippen molar-refractivity contribution in [3.05, 3.63) is 21.0 Å². The molecule has 116 valence electrons. The van der Waals surface area contributed by atoms with Gasteiger partial charge in [-0.2, -0.15) is 5.10 Å². The van der Waals surface area contributed by atoms with Gasteiger partial charge in [0.25, 0.3) is 5.56 Å². The van der Waals surface area contributed by atoms with Crippen LogP contribution in [0.15, 0.2) is 15.5 Å². The zero-order valence-electron chi connectivity index (χ0n) is 12.8. The number of halogens is 1. The minimum atomic E-state index is -0.0107. The molecule has 2 saturated carbocycles. The largest absolute Gasteiger partial charge is 0.380 e. The number of hydrogen-bond acceptors (Lipinski definition) is 3. The van der Waals surface area contributed by atoms with Gasteiger partial charge in [-0.25, -0.2) is 4.68 Å². The Morgan fingerprint density at radius 3 is 2.81 bits per heavy atom. The van der Waals surface area contributed by atoms with Gasteiger partial charge < -0.3 is 5.32 Å². The van der Waals surface area contributed by atoms with E-state index in [0.29, 0.717) is 22.4 Å². The monoisotopic (exact) mass is 353 g/mol. The van der Waals surface area contributed by atoms with E-state index in [1.807, 2.05) is 0 Å². The summed E-state index contributed by atoms with van der Waals surface area (Å²) in [7, 11) is 0. The van der Waals surface area contributed by atoms with Crippen LogP contribution in [0.1, 0.15) is 46.0 Å². The smallest absolute Gasteiger partial charge is 0.283 e. The summed E-state index contributed by atoms with van der Waals surface area (Å²) in [5.41, 5.74) is 0.835. The van der Waals surface area contributed by atoms with Crippen molar-refractivity contribution >= 4 is 21.6 Å². The van der Waals surface area contributed by atoms with Gasteiger partial charge in [-0.15, -0.1) is 0 Å². The molecular formula is C16H24BrN3O. The first-order valence-corrected chi connectivity index (χ1v) is 8.87. The van der Waals surface area contributed by atoms with Gasteiger partial charge >= 0.3 is 0 Å². The van der Waals surface area contributed by atoms with Gasteiger partial charge in [-0.1, -0.05) is 26.7 Å². The van der Waals surface area contributed by atoms with Gasteiger partial charge in [0.05, 0.1) is 11.9 Å². The molecule has 0 amide bonds. The lowest BCUT2D eigenvalue weighted by atomic mass is 9.78. The van der Waals surface area contributed by atoms with E-state index in [4.69, 9.17) is 0 Å². The van der Waals surface area contributed by atoms with Gasteiger partial charge in [-0.05, 0) is 52.9 Å². The molecule has 0 bridgehead atoms. The quantitative estimate of drug-likeness (QED) is 0.898. The first-order chi connectivity index (χ1) is 10.1. The molecule has 1 heterocycles. The summed E-state index contributed by atoms with van der Waals surface area (Å²) in [6, 6.07) is 0.436. The molecule has 21 heavy (non-hydrogen) atoms. The maximum Gasteiger partial charge on any atom is 0.283 e. The second-order valence-electron chi connectivity index (χ2n) is 6.82. The Morgan fingerprint density at radius 2 is 2.10 bits per heavy atom. The maximum absolute atomic E-state index is 12.4. The normalized spacial score (nSPS) is 29.4. The summed E-state index contributed by atoms with van der Waals surface area (Å²) in [4.78, 5) is 12.4. The van der Waals surface area contributed by atoms with E-state index < -0.39 is 0 Å². The number of nitrogens with zero attached hydrogens (tertiary/aromatic N) is 2. The molecule has 0 radical (unpaired) electrons. The lowest BCUT2D eigenvalue weighted by Crippen LogP contribution is -2.36. The predicted molar refractivity (Wildman–Crippen MR) is 88.5 cm³/mol. The Balaban J connectivity index is 1.76. The highest BCUT2D eigenvalue weighted by molar-refractivity contribution is 9.10. The predicted octanol–water partition coefficient (Wildman–Crippen LogP) is 3.65. The van der Waals surface area contributed by atoms with Crippen LogP contribution in [0.25, 0.3) is 0 Å². The fourth-order valence-corrected chi connectivity index (χ4v) is 3.65. The highest BCUT2D eigenvalue weighted by Crippen LogP contribution is 2.33. The van der Waals surface area contributed by atoms with Crippen LogP contribution in [0.5, 0.6) is 0 Å². The van der Waals surface area contributed by atoms with Crippen molar-refractivity contribution in [3.8, 4) is 0 Å². The number of aromatic nitrogens is 2. The average Bonchev–Trinajstić information content (AvgIpc) is 3.27. The van der Waals surface area contributed by atoms with Gasteiger partial charge in [0, 0.05) is 12.6 Å². The average molecular weight is 354 g/mol. The van der Waals surface area contributed by atoms with Gasteiger partial charge in [0.2, 0.25) is 0 Å². The van der Waals surface area contributed by atoms with E-state index in [2.05, 4.69) is 40.2 Å². The second-order valence-corrected chi connectivity index (χ2v) is 7.61. The van der Waals surface area contributed by atoms with Crippen molar-refractivity contribution in [2.24, 2.45) is 17.8 Å².